The van der Waals surface area contributed by atoms with Gasteiger partial charge in [0.2, 0.25) is 5.91 Å². The second kappa shape index (κ2) is 8.41. The molecule has 1 unspecified atom stereocenters. The highest BCUT2D eigenvalue weighted by atomic mass is 16.1. The van der Waals surface area contributed by atoms with E-state index < -0.39 is 0 Å². The molecule has 0 aliphatic rings. The van der Waals surface area contributed by atoms with E-state index in [1.165, 1.54) is 5.56 Å². The first-order valence-electron chi connectivity index (χ1n) is 8.66. The maximum absolute atomic E-state index is 12.3. The number of aromatic nitrogens is 1. The minimum absolute atomic E-state index is 0.110. The van der Waals surface area contributed by atoms with Crippen LogP contribution in [0.2, 0.25) is 0 Å². The monoisotopic (exact) mass is 345 g/mol. The number of nitrogens with zero attached hydrogens (tertiary/aromatic N) is 2. The summed E-state index contributed by atoms with van der Waals surface area (Å²) >= 11 is 0. The summed E-state index contributed by atoms with van der Waals surface area (Å²) in [5.41, 5.74) is 3.01. The van der Waals surface area contributed by atoms with Crippen LogP contribution in [0.15, 0.2) is 72.9 Å². The van der Waals surface area contributed by atoms with Gasteiger partial charge in [-0.2, -0.15) is 0 Å². The Hall–Kier alpha value is -2.98. The molecule has 3 aromatic rings. The zero-order valence-corrected chi connectivity index (χ0v) is 15.1. The van der Waals surface area contributed by atoms with E-state index in [-0.39, 0.29) is 11.9 Å². The predicted molar refractivity (Wildman–Crippen MR) is 107 cm³/mol. The fraction of sp³-hybridized carbons (Fsp3) is 0.182. The first-order valence-corrected chi connectivity index (χ1v) is 8.66. The summed E-state index contributed by atoms with van der Waals surface area (Å²) in [5.74, 6) is -0.110. The van der Waals surface area contributed by atoms with Crippen molar-refractivity contribution >= 4 is 22.9 Å². The van der Waals surface area contributed by atoms with Crippen LogP contribution in [0.3, 0.4) is 0 Å². The number of likely N-dealkylation sites (N-methyl/N-ethyl adjacent to an activating group) is 1. The van der Waals surface area contributed by atoms with Crippen molar-refractivity contribution in [3.63, 3.8) is 0 Å². The number of carbonyl (C=O) groups excluding carboxylic acids is 1. The van der Waals surface area contributed by atoms with Crippen LogP contribution in [0.25, 0.3) is 17.0 Å². The number of pyridine rings is 1. The van der Waals surface area contributed by atoms with Crippen molar-refractivity contribution in [3.8, 4) is 0 Å². The lowest BCUT2D eigenvalue weighted by Crippen LogP contribution is -2.33. The fourth-order valence-electron chi connectivity index (χ4n) is 2.96. The number of fused-ring (bicyclic) bond motifs is 1. The zero-order valence-electron chi connectivity index (χ0n) is 15.1. The van der Waals surface area contributed by atoms with Crippen LogP contribution < -0.4 is 5.32 Å². The van der Waals surface area contributed by atoms with Crippen molar-refractivity contribution in [3.05, 3.63) is 84.1 Å². The molecule has 26 heavy (non-hydrogen) atoms. The quantitative estimate of drug-likeness (QED) is 0.694. The highest BCUT2D eigenvalue weighted by Crippen LogP contribution is 2.18. The summed E-state index contributed by atoms with van der Waals surface area (Å²) in [6, 6.07) is 20.2. The third-order valence-corrected chi connectivity index (χ3v) is 4.36. The van der Waals surface area contributed by atoms with Gasteiger partial charge < -0.3 is 10.2 Å². The summed E-state index contributed by atoms with van der Waals surface area (Å²) in [6.45, 7) is 0.550. The van der Waals surface area contributed by atoms with Gasteiger partial charge in [-0.3, -0.25) is 9.78 Å². The second-order valence-corrected chi connectivity index (χ2v) is 6.39. The molecule has 0 spiro atoms. The lowest BCUT2D eigenvalue weighted by Gasteiger charge is -2.24. The topological polar surface area (TPSA) is 45.2 Å². The number of hydrogen-bond acceptors (Lipinski definition) is 3. The van der Waals surface area contributed by atoms with E-state index in [0.717, 1.165) is 16.5 Å². The Labute approximate surface area is 154 Å². The molecule has 1 amide bonds. The SMILES string of the molecule is CN(C)C(CNC(=O)/C=C/c1cccc2cccnc12)c1ccccc1. The maximum Gasteiger partial charge on any atom is 0.244 e. The molecule has 0 radical (unpaired) electrons. The molecule has 0 bridgehead atoms. The average molecular weight is 345 g/mol. The molecule has 132 valence electrons. The van der Waals surface area contributed by atoms with Gasteiger partial charge in [0, 0.05) is 29.8 Å². The van der Waals surface area contributed by atoms with Gasteiger partial charge >= 0.3 is 0 Å². The van der Waals surface area contributed by atoms with Gasteiger partial charge in [-0.15, -0.1) is 0 Å². The Morgan fingerprint density at radius 2 is 1.85 bits per heavy atom. The Balaban J connectivity index is 1.67. The van der Waals surface area contributed by atoms with Crippen LogP contribution in [0.5, 0.6) is 0 Å². The molecule has 4 heteroatoms. The lowest BCUT2D eigenvalue weighted by atomic mass is 10.1. The maximum atomic E-state index is 12.3. The van der Waals surface area contributed by atoms with Crippen molar-refractivity contribution in [2.24, 2.45) is 0 Å². The van der Waals surface area contributed by atoms with Gasteiger partial charge in [0.1, 0.15) is 0 Å². The first kappa shape index (κ1) is 17.8. The molecule has 1 heterocycles. The van der Waals surface area contributed by atoms with Crippen LogP contribution in [0.1, 0.15) is 17.2 Å². The van der Waals surface area contributed by atoms with Crippen LogP contribution in [-0.4, -0.2) is 36.4 Å². The van der Waals surface area contributed by atoms with E-state index in [2.05, 4.69) is 27.3 Å². The smallest absolute Gasteiger partial charge is 0.244 e. The lowest BCUT2D eigenvalue weighted by molar-refractivity contribution is -0.116. The number of benzene rings is 2. The van der Waals surface area contributed by atoms with E-state index in [1.54, 1.807) is 12.3 Å². The predicted octanol–water partition coefficient (Wildman–Crippen LogP) is 3.67. The second-order valence-electron chi connectivity index (χ2n) is 6.39. The minimum Gasteiger partial charge on any atom is -0.351 e. The molecule has 1 N–H and O–H groups in total. The van der Waals surface area contributed by atoms with E-state index in [9.17, 15) is 4.79 Å². The van der Waals surface area contributed by atoms with Crippen LogP contribution in [0, 0.1) is 0 Å². The number of amides is 1. The molecule has 1 atom stereocenters. The molecule has 3 rings (SSSR count). The molecule has 0 saturated heterocycles. The summed E-state index contributed by atoms with van der Waals surface area (Å²) in [7, 11) is 4.03. The number of hydrogen-bond donors (Lipinski definition) is 1. The molecule has 0 fully saturated rings. The largest absolute Gasteiger partial charge is 0.351 e. The van der Waals surface area contributed by atoms with E-state index >= 15 is 0 Å². The summed E-state index contributed by atoms with van der Waals surface area (Å²) in [6.07, 6.45) is 5.15. The van der Waals surface area contributed by atoms with Gasteiger partial charge in [0.25, 0.3) is 0 Å². The fourth-order valence-corrected chi connectivity index (χ4v) is 2.96. The summed E-state index contributed by atoms with van der Waals surface area (Å²) < 4.78 is 0. The molecule has 4 nitrogen and oxygen atoms in total. The van der Waals surface area contributed by atoms with Crippen molar-refractivity contribution in [2.75, 3.05) is 20.6 Å². The van der Waals surface area contributed by atoms with Gasteiger partial charge in [-0.05, 0) is 31.8 Å². The third-order valence-electron chi connectivity index (χ3n) is 4.36. The molecule has 0 aliphatic carbocycles. The molecule has 0 aliphatic heterocycles. The number of rotatable bonds is 6. The minimum atomic E-state index is -0.110. The van der Waals surface area contributed by atoms with Crippen molar-refractivity contribution in [1.82, 2.24) is 15.2 Å². The van der Waals surface area contributed by atoms with Gasteiger partial charge in [0.15, 0.2) is 0 Å². The zero-order chi connectivity index (χ0) is 18.4. The normalized spacial score (nSPS) is 12.6. The van der Waals surface area contributed by atoms with Crippen molar-refractivity contribution in [1.29, 1.82) is 0 Å². The van der Waals surface area contributed by atoms with E-state index in [0.29, 0.717) is 6.54 Å². The van der Waals surface area contributed by atoms with Crippen LogP contribution in [0.4, 0.5) is 0 Å². The highest BCUT2D eigenvalue weighted by Gasteiger charge is 2.14. The van der Waals surface area contributed by atoms with E-state index in [4.69, 9.17) is 0 Å². The molecular formula is C22H23N3O. The Morgan fingerprint density at radius 1 is 1.08 bits per heavy atom. The molecule has 2 aromatic carbocycles. The Morgan fingerprint density at radius 3 is 2.62 bits per heavy atom. The Bertz CT molecular complexity index is 898. The van der Waals surface area contributed by atoms with Gasteiger partial charge in [0.05, 0.1) is 11.6 Å². The highest BCUT2D eigenvalue weighted by molar-refractivity contribution is 5.95. The van der Waals surface area contributed by atoms with Crippen LogP contribution >= 0.6 is 0 Å². The summed E-state index contributed by atoms with van der Waals surface area (Å²) in [4.78, 5) is 18.8. The standard InChI is InChI=1S/C22H23N3O/c1-25(2)20(17-8-4-3-5-9-17)16-24-21(26)14-13-19-11-6-10-18-12-7-15-23-22(18)19/h3-15,20H,16H2,1-2H3,(H,24,26)/b14-13+. The van der Waals surface area contributed by atoms with Crippen molar-refractivity contribution in [2.45, 2.75) is 6.04 Å². The number of nitrogens with one attached hydrogen (secondary N) is 1. The van der Waals surface area contributed by atoms with Gasteiger partial charge in [-0.25, -0.2) is 0 Å². The number of carbonyl (C=O) groups is 1. The molecule has 1 aromatic heterocycles. The van der Waals surface area contributed by atoms with E-state index in [1.807, 2.05) is 68.7 Å². The summed E-state index contributed by atoms with van der Waals surface area (Å²) in [5, 5.41) is 4.05. The Kier molecular flexibility index (Phi) is 5.77. The van der Waals surface area contributed by atoms with Gasteiger partial charge in [-0.1, -0.05) is 54.6 Å². The number of para-hydroxylation sites is 1. The third kappa shape index (κ3) is 4.35. The molecular weight excluding hydrogens is 322 g/mol. The molecule has 0 saturated carbocycles. The van der Waals surface area contributed by atoms with Crippen LogP contribution in [-0.2, 0) is 4.79 Å². The average Bonchev–Trinajstić information content (AvgIpc) is 2.67. The first-order chi connectivity index (χ1) is 12.6. The van der Waals surface area contributed by atoms with Crippen molar-refractivity contribution < 1.29 is 4.79 Å².